The number of aromatic amines is 1. The van der Waals surface area contributed by atoms with Gasteiger partial charge in [0.2, 0.25) is 5.95 Å². The first-order valence-corrected chi connectivity index (χ1v) is 8.46. The highest BCUT2D eigenvalue weighted by molar-refractivity contribution is 7.98. The second-order valence-electron chi connectivity index (χ2n) is 5.49. The van der Waals surface area contributed by atoms with Crippen LogP contribution in [0.2, 0.25) is 0 Å². The van der Waals surface area contributed by atoms with E-state index in [1.54, 1.807) is 49.9 Å². The molecule has 0 saturated carbocycles. The van der Waals surface area contributed by atoms with Crippen molar-refractivity contribution in [2.45, 2.75) is 31.5 Å². The minimum Gasteiger partial charge on any atom is -0.459 e. The number of benzene rings is 1. The van der Waals surface area contributed by atoms with Crippen LogP contribution >= 0.6 is 11.8 Å². The fraction of sp³-hybridized carbons (Fsp3) is 0.312. The Labute approximate surface area is 137 Å². The highest BCUT2D eigenvalue weighted by Gasteiger charge is 2.17. The van der Waals surface area contributed by atoms with Crippen molar-refractivity contribution in [2.75, 3.05) is 5.32 Å². The first-order valence-electron chi connectivity index (χ1n) is 7.31. The number of ether oxygens (including phenoxy) is 1. The smallest absolute Gasteiger partial charge is 0.338 e. The molecule has 2 N–H and O–H groups in total. The molecule has 0 unspecified atom stereocenters. The van der Waals surface area contributed by atoms with Crippen molar-refractivity contribution in [2.24, 2.45) is 0 Å². The molecule has 0 spiro atoms. The summed E-state index contributed by atoms with van der Waals surface area (Å²) in [5, 5.41) is 3.04. The van der Waals surface area contributed by atoms with Gasteiger partial charge in [-0.15, -0.1) is 0 Å². The Morgan fingerprint density at radius 2 is 2.22 bits per heavy atom. The fourth-order valence-corrected chi connectivity index (χ4v) is 3.30. The number of nitrogens with zero attached hydrogens (tertiary/aromatic N) is 1. The number of fused-ring (bicyclic) bond motifs is 1. The number of hydrogen-bond acceptors (Lipinski definition) is 6. The summed E-state index contributed by atoms with van der Waals surface area (Å²) < 4.78 is 5.18. The summed E-state index contributed by atoms with van der Waals surface area (Å²) in [5.74, 6) is 1.45. The van der Waals surface area contributed by atoms with Gasteiger partial charge in [-0.2, -0.15) is 11.8 Å². The van der Waals surface area contributed by atoms with Crippen molar-refractivity contribution in [3.8, 4) is 0 Å². The van der Waals surface area contributed by atoms with E-state index in [0.29, 0.717) is 23.0 Å². The minimum absolute atomic E-state index is 0.113. The van der Waals surface area contributed by atoms with E-state index in [0.717, 1.165) is 17.0 Å². The zero-order valence-corrected chi connectivity index (χ0v) is 13.7. The Morgan fingerprint density at radius 1 is 1.39 bits per heavy atom. The second kappa shape index (κ2) is 6.45. The van der Waals surface area contributed by atoms with E-state index in [-0.39, 0.29) is 17.6 Å². The molecule has 0 amide bonds. The Bertz CT molecular complexity index is 801. The number of aromatic nitrogens is 2. The number of carbonyl (C=O) groups excluding carboxylic acids is 1. The lowest BCUT2D eigenvalue weighted by molar-refractivity contribution is 0.0378. The quantitative estimate of drug-likeness (QED) is 0.838. The van der Waals surface area contributed by atoms with Crippen LogP contribution in [0.25, 0.3) is 0 Å². The Kier molecular flexibility index (Phi) is 4.38. The standard InChI is InChI=1S/C16H17N3O3S/c1-9(2)22-15(21)10-4-3-5-11(6-10)17-16-18-13-8-23-7-12(13)14(20)19-16/h3-6,9H,7-8H2,1-2H3,(H2,17,18,19,20). The highest BCUT2D eigenvalue weighted by atomic mass is 32.2. The van der Waals surface area contributed by atoms with Crippen molar-refractivity contribution >= 4 is 29.4 Å². The van der Waals surface area contributed by atoms with Gasteiger partial charge in [-0.25, -0.2) is 9.78 Å². The van der Waals surface area contributed by atoms with Crippen LogP contribution in [0, 0.1) is 0 Å². The van der Waals surface area contributed by atoms with Crippen LogP contribution in [-0.2, 0) is 16.2 Å². The normalized spacial score (nSPS) is 13.0. The number of anilines is 2. The zero-order valence-electron chi connectivity index (χ0n) is 12.9. The summed E-state index contributed by atoms with van der Waals surface area (Å²) >= 11 is 1.67. The van der Waals surface area contributed by atoms with Gasteiger partial charge in [0, 0.05) is 22.8 Å². The van der Waals surface area contributed by atoms with Gasteiger partial charge in [-0.1, -0.05) is 6.07 Å². The minimum atomic E-state index is -0.379. The maximum atomic E-state index is 12.0. The molecular formula is C16H17N3O3S. The summed E-state index contributed by atoms with van der Waals surface area (Å²) in [6, 6.07) is 6.91. The number of rotatable bonds is 4. The molecule has 2 aromatic rings. The molecule has 0 bridgehead atoms. The van der Waals surface area contributed by atoms with E-state index in [2.05, 4.69) is 15.3 Å². The molecule has 23 heavy (non-hydrogen) atoms. The second-order valence-corrected chi connectivity index (χ2v) is 6.48. The van der Waals surface area contributed by atoms with E-state index >= 15 is 0 Å². The maximum absolute atomic E-state index is 12.0. The molecule has 0 saturated heterocycles. The van der Waals surface area contributed by atoms with Crippen molar-refractivity contribution in [3.05, 3.63) is 51.4 Å². The van der Waals surface area contributed by atoms with E-state index < -0.39 is 0 Å². The molecule has 0 aliphatic carbocycles. The first kappa shape index (κ1) is 15.6. The number of H-pyrrole nitrogens is 1. The third-order valence-electron chi connectivity index (χ3n) is 3.29. The Balaban J connectivity index is 1.82. The lowest BCUT2D eigenvalue weighted by Crippen LogP contribution is -2.16. The van der Waals surface area contributed by atoms with Crippen LogP contribution < -0.4 is 10.9 Å². The topological polar surface area (TPSA) is 84.1 Å². The molecule has 0 fully saturated rings. The van der Waals surface area contributed by atoms with Crippen LogP contribution in [0.1, 0.15) is 35.5 Å². The predicted molar refractivity (Wildman–Crippen MR) is 90.1 cm³/mol. The number of carbonyl (C=O) groups is 1. The van der Waals surface area contributed by atoms with Crippen molar-refractivity contribution in [1.82, 2.24) is 9.97 Å². The molecule has 1 aliphatic heterocycles. The van der Waals surface area contributed by atoms with Gasteiger partial charge >= 0.3 is 5.97 Å². The molecule has 1 aliphatic rings. The highest BCUT2D eigenvalue weighted by Crippen LogP contribution is 2.26. The lowest BCUT2D eigenvalue weighted by atomic mass is 10.2. The number of nitrogens with one attached hydrogen (secondary N) is 2. The molecule has 7 heteroatoms. The van der Waals surface area contributed by atoms with Gasteiger partial charge in [0.15, 0.2) is 0 Å². The molecule has 120 valence electrons. The summed E-state index contributed by atoms with van der Waals surface area (Å²) in [5.41, 5.74) is 2.56. The molecule has 6 nitrogen and oxygen atoms in total. The van der Waals surface area contributed by atoms with Gasteiger partial charge in [-0.05, 0) is 32.0 Å². The Hall–Kier alpha value is -2.28. The third kappa shape index (κ3) is 3.56. The third-order valence-corrected chi connectivity index (χ3v) is 4.26. The number of hydrogen-bond donors (Lipinski definition) is 2. The van der Waals surface area contributed by atoms with Gasteiger partial charge in [0.05, 0.1) is 17.4 Å². The summed E-state index contributed by atoms with van der Waals surface area (Å²) in [7, 11) is 0. The monoisotopic (exact) mass is 331 g/mol. The van der Waals surface area contributed by atoms with Gasteiger partial charge in [-0.3, -0.25) is 9.78 Å². The molecule has 3 rings (SSSR count). The van der Waals surface area contributed by atoms with E-state index in [4.69, 9.17) is 4.74 Å². The van der Waals surface area contributed by atoms with Crippen LogP contribution in [0.3, 0.4) is 0 Å². The van der Waals surface area contributed by atoms with Crippen molar-refractivity contribution < 1.29 is 9.53 Å². The predicted octanol–water partition coefficient (Wildman–Crippen LogP) is 2.83. The van der Waals surface area contributed by atoms with Gasteiger partial charge < -0.3 is 10.1 Å². The summed E-state index contributed by atoms with van der Waals surface area (Å²) in [4.78, 5) is 31.1. The van der Waals surface area contributed by atoms with Crippen LogP contribution in [0.4, 0.5) is 11.6 Å². The fourth-order valence-electron chi connectivity index (χ4n) is 2.26. The number of esters is 1. The summed E-state index contributed by atoms with van der Waals surface area (Å²) in [6.45, 7) is 3.61. The molecule has 1 aromatic carbocycles. The average molecular weight is 331 g/mol. The van der Waals surface area contributed by atoms with E-state index in [9.17, 15) is 9.59 Å². The first-order chi connectivity index (χ1) is 11.0. The van der Waals surface area contributed by atoms with Gasteiger partial charge in [0.1, 0.15) is 0 Å². The van der Waals surface area contributed by atoms with Crippen LogP contribution in [-0.4, -0.2) is 22.0 Å². The Morgan fingerprint density at radius 3 is 3.00 bits per heavy atom. The van der Waals surface area contributed by atoms with E-state index in [1.807, 2.05) is 0 Å². The van der Waals surface area contributed by atoms with Crippen LogP contribution in [0.15, 0.2) is 29.1 Å². The van der Waals surface area contributed by atoms with E-state index in [1.165, 1.54) is 0 Å². The van der Waals surface area contributed by atoms with Crippen molar-refractivity contribution in [3.63, 3.8) is 0 Å². The molecular weight excluding hydrogens is 314 g/mol. The zero-order chi connectivity index (χ0) is 16.4. The summed E-state index contributed by atoms with van der Waals surface area (Å²) in [6.07, 6.45) is -0.175. The number of thioether (sulfide) groups is 1. The average Bonchev–Trinajstić information content (AvgIpc) is 2.96. The van der Waals surface area contributed by atoms with Crippen LogP contribution in [0.5, 0.6) is 0 Å². The largest absolute Gasteiger partial charge is 0.459 e. The molecule has 2 heterocycles. The molecule has 0 atom stereocenters. The lowest BCUT2D eigenvalue weighted by Gasteiger charge is -2.10. The van der Waals surface area contributed by atoms with Crippen molar-refractivity contribution in [1.29, 1.82) is 0 Å². The molecule has 1 aromatic heterocycles. The molecule has 0 radical (unpaired) electrons. The SMILES string of the molecule is CC(C)OC(=O)c1cccc(Nc2nc3c(c(=O)[nH]2)CSC3)c1. The van der Waals surface area contributed by atoms with Gasteiger partial charge in [0.25, 0.3) is 5.56 Å². The maximum Gasteiger partial charge on any atom is 0.338 e.